The number of carbonyl (C=O) groups excluding carboxylic acids is 1. The van der Waals surface area contributed by atoms with Crippen molar-refractivity contribution in [1.82, 2.24) is 10.2 Å². The van der Waals surface area contributed by atoms with E-state index in [4.69, 9.17) is 0 Å². The van der Waals surface area contributed by atoms with E-state index in [0.29, 0.717) is 5.92 Å². The van der Waals surface area contributed by atoms with Crippen LogP contribution in [-0.4, -0.2) is 31.1 Å². The average molecular weight is 291 g/mol. The Bertz CT molecular complexity index is 459. The van der Waals surface area contributed by atoms with E-state index < -0.39 is 0 Å². The molecule has 0 aromatic heterocycles. The third kappa shape index (κ3) is 5.38. The summed E-state index contributed by atoms with van der Waals surface area (Å²) in [5.74, 6) is 0.579. The Morgan fingerprint density at radius 2 is 1.90 bits per heavy atom. The maximum Gasteiger partial charge on any atom is 0.321 e. The summed E-state index contributed by atoms with van der Waals surface area (Å²) in [5, 5.41) is 6.18. The lowest BCUT2D eigenvalue weighted by atomic mass is 10.0. The average Bonchev–Trinajstić information content (AvgIpc) is 2.45. The largest absolute Gasteiger partial charge is 0.325 e. The SMILES string of the molecule is CNC(C)c1cccc(NC(=O)N(C)C(C)CC(C)C)c1. The Hall–Kier alpha value is -1.55. The molecule has 0 bridgehead atoms. The van der Waals surface area contributed by atoms with Crippen molar-refractivity contribution in [3.8, 4) is 0 Å². The lowest BCUT2D eigenvalue weighted by molar-refractivity contribution is 0.200. The van der Waals surface area contributed by atoms with Gasteiger partial charge in [-0.05, 0) is 50.9 Å². The first-order valence-electron chi connectivity index (χ1n) is 7.66. The number of benzene rings is 1. The van der Waals surface area contributed by atoms with Gasteiger partial charge in [0.25, 0.3) is 0 Å². The molecule has 1 aromatic carbocycles. The summed E-state index contributed by atoms with van der Waals surface area (Å²) < 4.78 is 0. The van der Waals surface area contributed by atoms with E-state index in [-0.39, 0.29) is 18.1 Å². The van der Waals surface area contributed by atoms with E-state index >= 15 is 0 Å². The molecule has 1 rings (SSSR count). The number of carbonyl (C=O) groups is 1. The van der Waals surface area contributed by atoms with Gasteiger partial charge in [-0.1, -0.05) is 26.0 Å². The third-order valence-corrected chi connectivity index (χ3v) is 3.86. The Kier molecular flexibility index (Phi) is 6.69. The quantitative estimate of drug-likeness (QED) is 0.835. The molecule has 2 atom stereocenters. The number of amides is 2. The monoisotopic (exact) mass is 291 g/mol. The number of urea groups is 1. The van der Waals surface area contributed by atoms with Crippen molar-refractivity contribution < 1.29 is 4.79 Å². The van der Waals surface area contributed by atoms with Gasteiger partial charge in [-0.15, -0.1) is 0 Å². The lowest BCUT2D eigenvalue weighted by Gasteiger charge is -2.26. The predicted octanol–water partition coefficient (Wildman–Crippen LogP) is 3.87. The topological polar surface area (TPSA) is 44.4 Å². The van der Waals surface area contributed by atoms with Crippen LogP contribution in [0, 0.1) is 5.92 Å². The molecule has 21 heavy (non-hydrogen) atoms. The molecular formula is C17H29N3O. The molecule has 0 fully saturated rings. The number of nitrogens with zero attached hydrogens (tertiary/aromatic N) is 1. The van der Waals surface area contributed by atoms with Crippen LogP contribution in [0.1, 0.15) is 45.7 Å². The van der Waals surface area contributed by atoms with Crippen LogP contribution in [0.5, 0.6) is 0 Å². The van der Waals surface area contributed by atoms with Gasteiger partial charge in [0.15, 0.2) is 0 Å². The Labute approximate surface area is 128 Å². The zero-order valence-corrected chi connectivity index (χ0v) is 14.1. The summed E-state index contributed by atoms with van der Waals surface area (Å²) >= 11 is 0. The van der Waals surface area contributed by atoms with Crippen molar-refractivity contribution in [2.75, 3.05) is 19.4 Å². The number of hydrogen-bond donors (Lipinski definition) is 2. The van der Waals surface area contributed by atoms with Crippen molar-refractivity contribution in [1.29, 1.82) is 0 Å². The molecule has 0 aliphatic rings. The fourth-order valence-corrected chi connectivity index (χ4v) is 2.30. The van der Waals surface area contributed by atoms with Crippen LogP contribution in [0.3, 0.4) is 0 Å². The summed E-state index contributed by atoms with van der Waals surface area (Å²) in [6.45, 7) is 8.52. The van der Waals surface area contributed by atoms with Crippen LogP contribution in [0.25, 0.3) is 0 Å². The lowest BCUT2D eigenvalue weighted by Crippen LogP contribution is -2.38. The fourth-order valence-electron chi connectivity index (χ4n) is 2.30. The molecule has 4 nitrogen and oxygen atoms in total. The molecule has 118 valence electrons. The van der Waals surface area contributed by atoms with E-state index in [0.717, 1.165) is 17.7 Å². The van der Waals surface area contributed by atoms with E-state index in [9.17, 15) is 4.79 Å². The highest BCUT2D eigenvalue weighted by atomic mass is 16.2. The van der Waals surface area contributed by atoms with Gasteiger partial charge in [0.1, 0.15) is 0 Å². The van der Waals surface area contributed by atoms with Gasteiger partial charge in [0.05, 0.1) is 0 Å². The number of anilines is 1. The molecule has 0 aliphatic carbocycles. The van der Waals surface area contributed by atoms with E-state index in [2.05, 4.69) is 44.4 Å². The second-order valence-electron chi connectivity index (χ2n) is 6.16. The molecule has 0 saturated carbocycles. The van der Waals surface area contributed by atoms with Crippen molar-refractivity contribution >= 4 is 11.7 Å². The molecule has 0 radical (unpaired) electrons. The summed E-state index contributed by atoms with van der Waals surface area (Å²) in [6, 6.07) is 8.39. The first-order valence-corrected chi connectivity index (χ1v) is 7.66. The van der Waals surface area contributed by atoms with Crippen LogP contribution >= 0.6 is 0 Å². The van der Waals surface area contributed by atoms with Crippen LogP contribution < -0.4 is 10.6 Å². The Morgan fingerprint density at radius 3 is 2.48 bits per heavy atom. The summed E-state index contributed by atoms with van der Waals surface area (Å²) in [6.07, 6.45) is 1.00. The zero-order chi connectivity index (χ0) is 16.0. The maximum atomic E-state index is 12.3. The van der Waals surface area contributed by atoms with Crippen LogP contribution in [0.15, 0.2) is 24.3 Å². The van der Waals surface area contributed by atoms with Crippen LogP contribution in [0.4, 0.5) is 10.5 Å². The second kappa shape index (κ2) is 8.03. The van der Waals surface area contributed by atoms with Gasteiger partial charge in [0, 0.05) is 24.8 Å². The molecule has 1 aromatic rings. The van der Waals surface area contributed by atoms with E-state index in [1.165, 1.54) is 0 Å². The third-order valence-electron chi connectivity index (χ3n) is 3.86. The molecular weight excluding hydrogens is 262 g/mol. The number of rotatable bonds is 6. The van der Waals surface area contributed by atoms with Crippen LogP contribution in [-0.2, 0) is 0 Å². The van der Waals surface area contributed by atoms with Crippen molar-refractivity contribution in [3.05, 3.63) is 29.8 Å². The summed E-state index contributed by atoms with van der Waals surface area (Å²) in [7, 11) is 3.78. The molecule has 2 N–H and O–H groups in total. The zero-order valence-electron chi connectivity index (χ0n) is 14.1. The minimum absolute atomic E-state index is 0.0580. The van der Waals surface area contributed by atoms with Gasteiger partial charge in [0.2, 0.25) is 0 Å². The summed E-state index contributed by atoms with van der Waals surface area (Å²) in [5.41, 5.74) is 2.00. The van der Waals surface area contributed by atoms with E-state index in [1.54, 1.807) is 4.90 Å². The Morgan fingerprint density at radius 1 is 1.24 bits per heavy atom. The molecule has 2 amide bonds. The highest BCUT2D eigenvalue weighted by Gasteiger charge is 2.17. The number of nitrogens with one attached hydrogen (secondary N) is 2. The van der Waals surface area contributed by atoms with Crippen LogP contribution in [0.2, 0.25) is 0 Å². The normalized spacial score (nSPS) is 13.9. The maximum absolute atomic E-state index is 12.3. The van der Waals surface area contributed by atoms with Crippen molar-refractivity contribution in [2.24, 2.45) is 5.92 Å². The molecule has 2 unspecified atom stereocenters. The second-order valence-corrected chi connectivity index (χ2v) is 6.16. The first-order chi connectivity index (χ1) is 9.85. The number of hydrogen-bond acceptors (Lipinski definition) is 2. The summed E-state index contributed by atoms with van der Waals surface area (Å²) in [4.78, 5) is 14.1. The fraction of sp³-hybridized carbons (Fsp3) is 0.588. The molecule has 0 saturated heterocycles. The Balaban J connectivity index is 2.70. The standard InChI is InChI=1S/C17H29N3O/c1-12(2)10-13(3)20(6)17(21)19-16-9-7-8-15(11-16)14(4)18-5/h7-9,11-14,18H,10H2,1-6H3,(H,19,21). The molecule has 0 heterocycles. The highest BCUT2D eigenvalue weighted by Crippen LogP contribution is 2.18. The van der Waals surface area contributed by atoms with Crippen molar-refractivity contribution in [2.45, 2.75) is 46.2 Å². The van der Waals surface area contributed by atoms with Gasteiger partial charge in [-0.25, -0.2) is 4.79 Å². The van der Waals surface area contributed by atoms with Gasteiger partial charge in [-0.2, -0.15) is 0 Å². The molecule has 0 aliphatic heterocycles. The van der Waals surface area contributed by atoms with Gasteiger partial charge < -0.3 is 15.5 Å². The van der Waals surface area contributed by atoms with Gasteiger partial charge in [-0.3, -0.25) is 0 Å². The molecule has 0 spiro atoms. The van der Waals surface area contributed by atoms with Crippen molar-refractivity contribution in [3.63, 3.8) is 0 Å². The minimum Gasteiger partial charge on any atom is -0.325 e. The molecule has 4 heteroatoms. The minimum atomic E-state index is -0.0580. The first kappa shape index (κ1) is 17.5. The predicted molar refractivity (Wildman–Crippen MR) is 89.6 cm³/mol. The highest BCUT2D eigenvalue weighted by molar-refractivity contribution is 5.89. The smallest absolute Gasteiger partial charge is 0.321 e. The van der Waals surface area contributed by atoms with E-state index in [1.807, 2.05) is 32.3 Å². The van der Waals surface area contributed by atoms with Gasteiger partial charge >= 0.3 is 6.03 Å².